The maximum absolute atomic E-state index is 13.3. The van der Waals surface area contributed by atoms with Gasteiger partial charge in [0.1, 0.15) is 23.4 Å². The lowest BCUT2D eigenvalue weighted by atomic mass is 10.0. The number of ether oxygens (including phenoxy) is 3. The molecule has 0 bridgehead atoms. The third-order valence-electron chi connectivity index (χ3n) is 5.97. The van der Waals surface area contributed by atoms with E-state index in [9.17, 15) is 19.2 Å². The summed E-state index contributed by atoms with van der Waals surface area (Å²) in [5.41, 5.74) is 0.929. The Balaban J connectivity index is 2.13. The SMILES string of the molecule is C=CCN(Cc1ccc(OC)cc1)C(=O)CCC(NC(=O)C(Cc1ccccc1)NC(=O)OC(C)(C)C)C(=O)OC. The lowest BCUT2D eigenvalue weighted by molar-refractivity contribution is -0.145. The standard InChI is InChI=1S/C31H41N3O7/c1-7-19-34(21-23-13-15-24(39-5)16-14-23)27(35)18-17-25(29(37)40-6)32-28(36)26(20-22-11-9-8-10-12-22)33-30(38)41-31(2,3)4/h7-16,25-26H,1,17-21H2,2-6H3,(H,32,36)(H,33,38). The number of nitrogens with one attached hydrogen (secondary N) is 2. The minimum absolute atomic E-state index is 0.00199. The molecule has 2 aromatic rings. The number of hydrogen-bond donors (Lipinski definition) is 2. The van der Waals surface area contributed by atoms with Crippen LogP contribution in [0.5, 0.6) is 5.75 Å². The van der Waals surface area contributed by atoms with E-state index in [-0.39, 0.29) is 25.2 Å². The van der Waals surface area contributed by atoms with E-state index in [2.05, 4.69) is 17.2 Å². The topological polar surface area (TPSA) is 123 Å². The van der Waals surface area contributed by atoms with Crippen molar-refractivity contribution in [2.75, 3.05) is 20.8 Å². The predicted octanol–water partition coefficient (Wildman–Crippen LogP) is 3.78. The van der Waals surface area contributed by atoms with Gasteiger partial charge in [-0.15, -0.1) is 6.58 Å². The summed E-state index contributed by atoms with van der Waals surface area (Å²) in [7, 11) is 2.79. The molecular weight excluding hydrogens is 526 g/mol. The second-order valence-corrected chi connectivity index (χ2v) is 10.4. The smallest absolute Gasteiger partial charge is 0.408 e. The van der Waals surface area contributed by atoms with Crippen LogP contribution in [0.3, 0.4) is 0 Å². The fourth-order valence-corrected chi connectivity index (χ4v) is 3.96. The van der Waals surface area contributed by atoms with Crippen LogP contribution in [0.15, 0.2) is 67.3 Å². The molecule has 41 heavy (non-hydrogen) atoms. The molecule has 0 aromatic heterocycles. The van der Waals surface area contributed by atoms with Crippen molar-refractivity contribution in [1.29, 1.82) is 0 Å². The van der Waals surface area contributed by atoms with Crippen molar-refractivity contribution >= 4 is 23.9 Å². The van der Waals surface area contributed by atoms with Gasteiger partial charge in [0, 0.05) is 25.9 Å². The Morgan fingerprint density at radius 2 is 1.59 bits per heavy atom. The van der Waals surface area contributed by atoms with E-state index in [1.54, 1.807) is 38.9 Å². The molecular formula is C31H41N3O7. The molecule has 2 aromatic carbocycles. The van der Waals surface area contributed by atoms with Crippen molar-refractivity contribution in [2.24, 2.45) is 0 Å². The number of rotatable bonds is 14. The summed E-state index contributed by atoms with van der Waals surface area (Å²) in [6.45, 7) is 9.53. The molecule has 2 N–H and O–H groups in total. The summed E-state index contributed by atoms with van der Waals surface area (Å²) in [6.07, 6.45) is 0.979. The van der Waals surface area contributed by atoms with Gasteiger partial charge >= 0.3 is 12.1 Å². The molecule has 2 unspecified atom stereocenters. The van der Waals surface area contributed by atoms with Crippen molar-refractivity contribution in [3.8, 4) is 5.75 Å². The number of carbonyl (C=O) groups is 4. The molecule has 3 amide bonds. The van der Waals surface area contributed by atoms with Crippen molar-refractivity contribution in [3.63, 3.8) is 0 Å². The van der Waals surface area contributed by atoms with E-state index in [1.165, 1.54) is 7.11 Å². The number of amides is 3. The van der Waals surface area contributed by atoms with Crippen molar-refractivity contribution < 1.29 is 33.4 Å². The molecule has 0 spiro atoms. The Hall–Kier alpha value is -4.34. The first-order chi connectivity index (χ1) is 19.4. The van der Waals surface area contributed by atoms with E-state index in [1.807, 2.05) is 54.6 Å². The zero-order valence-corrected chi connectivity index (χ0v) is 24.5. The number of hydrogen-bond acceptors (Lipinski definition) is 7. The Labute approximate surface area is 242 Å². The van der Waals surface area contributed by atoms with Crippen LogP contribution in [0, 0.1) is 0 Å². The highest BCUT2D eigenvalue weighted by Crippen LogP contribution is 2.15. The normalized spacial score (nSPS) is 12.3. The monoisotopic (exact) mass is 567 g/mol. The summed E-state index contributed by atoms with van der Waals surface area (Å²) in [4.78, 5) is 53.2. The highest BCUT2D eigenvalue weighted by atomic mass is 16.6. The molecule has 0 aliphatic rings. The van der Waals surface area contributed by atoms with Crippen LogP contribution in [0.2, 0.25) is 0 Å². The highest BCUT2D eigenvalue weighted by molar-refractivity contribution is 5.90. The lowest BCUT2D eigenvalue weighted by Crippen LogP contribution is -2.53. The van der Waals surface area contributed by atoms with E-state index < -0.39 is 35.7 Å². The summed E-state index contributed by atoms with van der Waals surface area (Å²) in [6, 6.07) is 14.3. The second-order valence-electron chi connectivity index (χ2n) is 10.4. The predicted molar refractivity (Wildman–Crippen MR) is 155 cm³/mol. The summed E-state index contributed by atoms with van der Waals surface area (Å²) < 4.78 is 15.4. The molecule has 0 heterocycles. The molecule has 0 saturated carbocycles. The summed E-state index contributed by atoms with van der Waals surface area (Å²) in [5, 5.41) is 5.26. The van der Waals surface area contributed by atoms with Crippen LogP contribution >= 0.6 is 0 Å². The molecule has 0 radical (unpaired) electrons. The fraction of sp³-hybridized carbons (Fsp3) is 0.419. The Bertz CT molecular complexity index is 1160. The average molecular weight is 568 g/mol. The largest absolute Gasteiger partial charge is 0.497 e. The van der Waals surface area contributed by atoms with Gasteiger partial charge in [-0.05, 0) is 50.5 Å². The second kappa shape index (κ2) is 16.1. The van der Waals surface area contributed by atoms with Crippen molar-refractivity contribution in [3.05, 3.63) is 78.4 Å². The minimum atomic E-state index is -1.11. The molecule has 10 nitrogen and oxygen atoms in total. The van der Waals surface area contributed by atoms with E-state index in [0.717, 1.165) is 11.1 Å². The Kier molecular flexibility index (Phi) is 12.9. The van der Waals surface area contributed by atoms with Crippen LogP contribution in [0.4, 0.5) is 4.79 Å². The van der Waals surface area contributed by atoms with Gasteiger partial charge < -0.3 is 29.7 Å². The first kappa shape index (κ1) is 32.9. The van der Waals surface area contributed by atoms with Crippen LogP contribution in [0.25, 0.3) is 0 Å². The third-order valence-corrected chi connectivity index (χ3v) is 5.97. The quantitative estimate of drug-likeness (QED) is 0.263. The molecule has 0 fully saturated rings. The third kappa shape index (κ3) is 11.7. The maximum atomic E-state index is 13.3. The Morgan fingerprint density at radius 3 is 2.15 bits per heavy atom. The number of nitrogens with zero attached hydrogens (tertiary/aromatic N) is 1. The van der Waals surface area contributed by atoms with Crippen molar-refractivity contribution in [1.82, 2.24) is 15.5 Å². The maximum Gasteiger partial charge on any atom is 0.408 e. The average Bonchev–Trinajstić information content (AvgIpc) is 2.93. The lowest BCUT2D eigenvalue weighted by Gasteiger charge is -2.25. The van der Waals surface area contributed by atoms with E-state index in [4.69, 9.17) is 14.2 Å². The number of methoxy groups -OCH3 is 2. The first-order valence-corrected chi connectivity index (χ1v) is 13.4. The molecule has 2 atom stereocenters. The molecule has 0 aliphatic heterocycles. The van der Waals surface area contributed by atoms with Gasteiger partial charge in [-0.1, -0.05) is 48.5 Å². The van der Waals surface area contributed by atoms with Crippen LogP contribution < -0.4 is 15.4 Å². The zero-order chi connectivity index (χ0) is 30.4. The minimum Gasteiger partial charge on any atom is -0.497 e. The van der Waals surface area contributed by atoms with Crippen LogP contribution in [-0.2, 0) is 36.8 Å². The van der Waals surface area contributed by atoms with Crippen LogP contribution in [0.1, 0.15) is 44.7 Å². The zero-order valence-electron chi connectivity index (χ0n) is 24.5. The Morgan fingerprint density at radius 1 is 0.927 bits per heavy atom. The molecule has 2 rings (SSSR count). The fourth-order valence-electron chi connectivity index (χ4n) is 3.96. The van der Waals surface area contributed by atoms with E-state index in [0.29, 0.717) is 18.8 Å². The van der Waals surface area contributed by atoms with Gasteiger partial charge in [0.05, 0.1) is 14.2 Å². The van der Waals surface area contributed by atoms with Gasteiger partial charge in [-0.25, -0.2) is 9.59 Å². The molecule has 0 saturated heterocycles. The van der Waals surface area contributed by atoms with Gasteiger partial charge in [0.2, 0.25) is 11.8 Å². The van der Waals surface area contributed by atoms with Gasteiger partial charge in [0.25, 0.3) is 0 Å². The van der Waals surface area contributed by atoms with Gasteiger partial charge in [-0.2, -0.15) is 0 Å². The molecule has 10 heteroatoms. The van der Waals surface area contributed by atoms with E-state index >= 15 is 0 Å². The summed E-state index contributed by atoms with van der Waals surface area (Å²) in [5.74, 6) is -0.827. The summed E-state index contributed by atoms with van der Waals surface area (Å²) >= 11 is 0. The highest BCUT2D eigenvalue weighted by Gasteiger charge is 2.30. The number of carbonyl (C=O) groups excluding carboxylic acids is 4. The first-order valence-electron chi connectivity index (χ1n) is 13.4. The number of esters is 1. The number of benzene rings is 2. The van der Waals surface area contributed by atoms with Gasteiger partial charge in [-0.3, -0.25) is 9.59 Å². The number of alkyl carbamates (subject to hydrolysis) is 1. The van der Waals surface area contributed by atoms with Gasteiger partial charge in [0.15, 0.2) is 0 Å². The molecule has 0 aliphatic carbocycles. The molecule has 222 valence electrons. The van der Waals surface area contributed by atoms with Crippen LogP contribution in [-0.4, -0.2) is 67.2 Å². The van der Waals surface area contributed by atoms with Crippen molar-refractivity contribution in [2.45, 2.75) is 64.3 Å².